The van der Waals surface area contributed by atoms with Crippen LogP contribution in [0.1, 0.15) is 17.4 Å². The van der Waals surface area contributed by atoms with Crippen LogP contribution in [-0.2, 0) is 9.53 Å². The molecule has 8 nitrogen and oxygen atoms in total. The maximum Gasteiger partial charge on any atom is 0.272 e. The number of amides is 2. The average Bonchev–Trinajstić information content (AvgIpc) is 2.67. The smallest absolute Gasteiger partial charge is 0.272 e. The van der Waals surface area contributed by atoms with E-state index in [1.807, 2.05) is 0 Å². The lowest BCUT2D eigenvalue weighted by atomic mass is 10.0. The molecule has 0 aromatic carbocycles. The van der Waals surface area contributed by atoms with Gasteiger partial charge in [0, 0.05) is 38.6 Å². The monoisotopic (exact) mass is 355 g/mol. The summed E-state index contributed by atoms with van der Waals surface area (Å²) >= 11 is 0. The number of aromatic nitrogens is 3. The van der Waals surface area contributed by atoms with Crippen molar-refractivity contribution < 1.29 is 14.3 Å². The normalized spacial score (nSPS) is 19.9. The van der Waals surface area contributed by atoms with E-state index in [1.54, 1.807) is 56.5 Å². The zero-order valence-corrected chi connectivity index (χ0v) is 15.0. The summed E-state index contributed by atoms with van der Waals surface area (Å²) < 4.78 is 5.68. The summed E-state index contributed by atoms with van der Waals surface area (Å²) in [7, 11) is 3.34. The SMILES string of the molecule is CN(C)C(=O)[C@@]1(C)CN(C(=O)c2cccc(-c3cncnc3)n2)CCO1. The van der Waals surface area contributed by atoms with E-state index in [4.69, 9.17) is 4.74 Å². The lowest BCUT2D eigenvalue weighted by Gasteiger charge is -2.40. The van der Waals surface area contributed by atoms with Crippen LogP contribution >= 0.6 is 0 Å². The van der Waals surface area contributed by atoms with Crippen molar-refractivity contribution in [2.75, 3.05) is 33.8 Å². The Balaban J connectivity index is 1.82. The van der Waals surface area contributed by atoms with Crippen molar-refractivity contribution in [1.29, 1.82) is 0 Å². The van der Waals surface area contributed by atoms with Gasteiger partial charge in [0.25, 0.3) is 11.8 Å². The molecule has 0 saturated carbocycles. The third kappa shape index (κ3) is 3.55. The fourth-order valence-electron chi connectivity index (χ4n) is 2.95. The second kappa shape index (κ2) is 7.17. The maximum absolute atomic E-state index is 12.9. The highest BCUT2D eigenvalue weighted by Gasteiger charge is 2.42. The van der Waals surface area contributed by atoms with Crippen LogP contribution in [0.5, 0.6) is 0 Å². The minimum atomic E-state index is -1.05. The number of hydrogen-bond donors (Lipinski definition) is 0. The number of hydrogen-bond acceptors (Lipinski definition) is 6. The molecule has 0 spiro atoms. The first-order chi connectivity index (χ1) is 12.4. The van der Waals surface area contributed by atoms with Crippen LogP contribution in [0.4, 0.5) is 0 Å². The van der Waals surface area contributed by atoms with Crippen molar-refractivity contribution in [2.45, 2.75) is 12.5 Å². The number of carbonyl (C=O) groups is 2. The molecule has 0 bridgehead atoms. The van der Waals surface area contributed by atoms with Crippen LogP contribution in [0.2, 0.25) is 0 Å². The lowest BCUT2D eigenvalue weighted by molar-refractivity contribution is -0.162. The minimum absolute atomic E-state index is 0.168. The van der Waals surface area contributed by atoms with Crippen LogP contribution in [0, 0.1) is 0 Å². The third-order valence-electron chi connectivity index (χ3n) is 4.24. The summed E-state index contributed by atoms with van der Waals surface area (Å²) in [6, 6.07) is 5.23. The molecule has 1 fully saturated rings. The Bertz CT molecular complexity index is 811. The van der Waals surface area contributed by atoms with E-state index in [0.717, 1.165) is 5.56 Å². The van der Waals surface area contributed by atoms with Gasteiger partial charge in [0.15, 0.2) is 5.60 Å². The summed E-state index contributed by atoms with van der Waals surface area (Å²) in [5, 5.41) is 0. The van der Waals surface area contributed by atoms with E-state index in [2.05, 4.69) is 15.0 Å². The van der Waals surface area contributed by atoms with Gasteiger partial charge in [-0.2, -0.15) is 0 Å². The zero-order chi connectivity index (χ0) is 18.7. The summed E-state index contributed by atoms with van der Waals surface area (Å²) in [4.78, 5) is 40.8. The van der Waals surface area contributed by atoms with Gasteiger partial charge in [0.2, 0.25) is 0 Å². The van der Waals surface area contributed by atoms with Crippen LogP contribution < -0.4 is 0 Å². The van der Waals surface area contributed by atoms with Crippen LogP contribution in [0.3, 0.4) is 0 Å². The first kappa shape index (κ1) is 17.9. The topological polar surface area (TPSA) is 88.5 Å². The molecule has 3 heterocycles. The van der Waals surface area contributed by atoms with Crippen molar-refractivity contribution in [3.63, 3.8) is 0 Å². The molecule has 2 amide bonds. The Labute approximate surface area is 151 Å². The van der Waals surface area contributed by atoms with Gasteiger partial charge in [-0.3, -0.25) is 9.59 Å². The van der Waals surface area contributed by atoms with Crippen LogP contribution in [0.15, 0.2) is 36.9 Å². The summed E-state index contributed by atoms with van der Waals surface area (Å²) in [6.45, 7) is 2.60. The molecule has 26 heavy (non-hydrogen) atoms. The van der Waals surface area contributed by atoms with Gasteiger partial charge in [0.1, 0.15) is 12.0 Å². The highest BCUT2D eigenvalue weighted by Crippen LogP contribution is 2.22. The molecule has 8 heteroatoms. The Morgan fingerprint density at radius 2 is 1.96 bits per heavy atom. The first-order valence-corrected chi connectivity index (χ1v) is 8.28. The Morgan fingerprint density at radius 3 is 2.65 bits per heavy atom. The van der Waals surface area contributed by atoms with Gasteiger partial charge in [-0.25, -0.2) is 15.0 Å². The molecule has 0 unspecified atom stereocenters. The van der Waals surface area contributed by atoms with Crippen LogP contribution in [0.25, 0.3) is 11.3 Å². The summed E-state index contributed by atoms with van der Waals surface area (Å²) in [6.07, 6.45) is 4.73. The molecular weight excluding hydrogens is 334 g/mol. The first-order valence-electron chi connectivity index (χ1n) is 8.28. The van der Waals surface area contributed by atoms with E-state index in [1.165, 1.54) is 11.2 Å². The maximum atomic E-state index is 12.9. The van der Waals surface area contributed by atoms with E-state index in [0.29, 0.717) is 24.5 Å². The van der Waals surface area contributed by atoms with Crippen molar-refractivity contribution in [3.8, 4) is 11.3 Å². The molecular formula is C18H21N5O3. The zero-order valence-electron chi connectivity index (χ0n) is 15.0. The van der Waals surface area contributed by atoms with E-state index < -0.39 is 5.60 Å². The van der Waals surface area contributed by atoms with E-state index in [9.17, 15) is 9.59 Å². The number of likely N-dealkylation sites (N-methyl/N-ethyl adjacent to an activating group) is 1. The number of rotatable bonds is 3. The molecule has 136 valence electrons. The highest BCUT2D eigenvalue weighted by atomic mass is 16.5. The van der Waals surface area contributed by atoms with Crippen molar-refractivity contribution >= 4 is 11.8 Å². The van der Waals surface area contributed by atoms with Crippen molar-refractivity contribution in [3.05, 3.63) is 42.6 Å². The van der Waals surface area contributed by atoms with Gasteiger partial charge >= 0.3 is 0 Å². The van der Waals surface area contributed by atoms with Gasteiger partial charge in [-0.1, -0.05) is 6.07 Å². The molecule has 1 aliphatic rings. The molecule has 2 aromatic rings. The molecule has 0 radical (unpaired) electrons. The van der Waals surface area contributed by atoms with E-state index in [-0.39, 0.29) is 18.4 Å². The molecule has 1 saturated heterocycles. The molecule has 3 rings (SSSR count). The standard InChI is InChI=1S/C18H21N5O3/c1-18(17(25)22(2)3)11-23(7-8-26-18)16(24)15-6-4-5-14(21-15)13-9-19-12-20-10-13/h4-6,9-10,12H,7-8,11H2,1-3H3/t18-/m1/s1. The quantitative estimate of drug-likeness (QED) is 0.811. The fraction of sp³-hybridized carbons (Fsp3) is 0.389. The van der Waals surface area contributed by atoms with Gasteiger partial charge in [0.05, 0.1) is 18.8 Å². The second-order valence-corrected chi connectivity index (χ2v) is 6.54. The largest absolute Gasteiger partial charge is 0.362 e. The van der Waals surface area contributed by atoms with E-state index >= 15 is 0 Å². The minimum Gasteiger partial charge on any atom is -0.362 e. The third-order valence-corrected chi connectivity index (χ3v) is 4.24. The number of carbonyl (C=O) groups excluding carboxylic acids is 2. The predicted octanol–water partition coefficient (Wildman–Crippen LogP) is 0.858. The molecule has 1 aliphatic heterocycles. The number of ether oxygens (including phenoxy) is 1. The Kier molecular flexibility index (Phi) is 4.94. The number of pyridine rings is 1. The summed E-state index contributed by atoms with van der Waals surface area (Å²) in [5.74, 6) is -0.400. The Hall–Kier alpha value is -2.87. The molecule has 0 N–H and O–H groups in total. The van der Waals surface area contributed by atoms with Crippen molar-refractivity contribution in [2.24, 2.45) is 0 Å². The second-order valence-electron chi connectivity index (χ2n) is 6.54. The fourth-order valence-corrected chi connectivity index (χ4v) is 2.95. The highest BCUT2D eigenvalue weighted by molar-refractivity contribution is 5.94. The van der Waals surface area contributed by atoms with Gasteiger partial charge < -0.3 is 14.5 Å². The molecule has 1 atom stereocenters. The Morgan fingerprint density at radius 1 is 1.23 bits per heavy atom. The average molecular weight is 355 g/mol. The van der Waals surface area contributed by atoms with Gasteiger partial charge in [-0.15, -0.1) is 0 Å². The predicted molar refractivity (Wildman–Crippen MR) is 94.2 cm³/mol. The molecule has 2 aromatic heterocycles. The van der Waals surface area contributed by atoms with Gasteiger partial charge in [-0.05, 0) is 19.1 Å². The van der Waals surface area contributed by atoms with Crippen molar-refractivity contribution in [1.82, 2.24) is 24.8 Å². The number of nitrogens with zero attached hydrogens (tertiary/aromatic N) is 5. The summed E-state index contributed by atoms with van der Waals surface area (Å²) in [5.41, 5.74) is 0.615. The number of morpholine rings is 1. The van der Waals surface area contributed by atoms with Crippen LogP contribution in [-0.4, -0.2) is 76.0 Å². The molecule has 0 aliphatic carbocycles. The lowest BCUT2D eigenvalue weighted by Crippen LogP contribution is -2.59.